The number of nitrogens with zero attached hydrogens (tertiary/aromatic N) is 2. The van der Waals surface area contributed by atoms with E-state index in [4.69, 9.17) is 32.5 Å². The molecule has 0 saturated heterocycles. The Balaban J connectivity index is 1.99. The monoisotopic (exact) mass is 306 g/mol. The predicted octanol–water partition coefficient (Wildman–Crippen LogP) is 2.97. The quantitative estimate of drug-likeness (QED) is 0.901. The summed E-state index contributed by atoms with van der Waals surface area (Å²) in [6.45, 7) is 0. The van der Waals surface area contributed by atoms with Gasteiger partial charge in [0.15, 0.2) is 11.6 Å². The fourth-order valence-electron chi connectivity index (χ4n) is 2.10. The van der Waals surface area contributed by atoms with Crippen molar-refractivity contribution < 1.29 is 9.47 Å². The lowest BCUT2D eigenvalue weighted by atomic mass is 10.1. The number of ether oxygens (including phenoxy) is 2. The van der Waals surface area contributed by atoms with E-state index in [1.54, 1.807) is 13.2 Å². The Morgan fingerprint density at radius 1 is 1.19 bits per heavy atom. The molecule has 0 amide bonds. The van der Waals surface area contributed by atoms with Crippen LogP contribution in [0, 0.1) is 0 Å². The van der Waals surface area contributed by atoms with E-state index in [1.807, 2.05) is 6.07 Å². The van der Waals surface area contributed by atoms with Crippen LogP contribution in [-0.2, 0) is 0 Å². The van der Waals surface area contributed by atoms with Gasteiger partial charge in [0, 0.05) is 11.6 Å². The number of nitrogen functional groups attached to an aromatic ring is 2. The maximum atomic E-state index is 6.17. The lowest BCUT2D eigenvalue weighted by Gasteiger charge is -2.14. The molecule has 6 nitrogen and oxygen atoms in total. The van der Waals surface area contributed by atoms with Crippen molar-refractivity contribution in [3.05, 3.63) is 28.9 Å². The van der Waals surface area contributed by atoms with Crippen LogP contribution < -0.4 is 20.9 Å². The number of aromatic nitrogens is 2. The highest BCUT2D eigenvalue weighted by Gasteiger charge is 2.28. The average molecular weight is 307 g/mol. The molecule has 7 heteroatoms. The van der Waals surface area contributed by atoms with Crippen molar-refractivity contribution in [1.82, 2.24) is 9.97 Å². The molecule has 1 aliphatic carbocycles. The number of methoxy groups -OCH3 is 1. The molecule has 1 saturated carbocycles. The molecule has 1 aromatic carbocycles. The van der Waals surface area contributed by atoms with E-state index in [0.29, 0.717) is 28.2 Å². The van der Waals surface area contributed by atoms with E-state index in [-0.39, 0.29) is 11.8 Å². The first-order chi connectivity index (χ1) is 10.1. The zero-order valence-corrected chi connectivity index (χ0v) is 12.2. The van der Waals surface area contributed by atoms with Gasteiger partial charge in [-0.25, -0.2) is 4.98 Å². The summed E-state index contributed by atoms with van der Waals surface area (Å²) in [6, 6.07) is 3.63. The second-order valence-electron chi connectivity index (χ2n) is 4.88. The maximum absolute atomic E-state index is 6.17. The summed E-state index contributed by atoms with van der Waals surface area (Å²) in [5, 5.41) is 0.479. The lowest BCUT2D eigenvalue weighted by molar-refractivity contribution is 0.412. The Labute approximate surface area is 127 Å². The van der Waals surface area contributed by atoms with Crippen LogP contribution in [0.3, 0.4) is 0 Å². The largest absolute Gasteiger partial charge is 0.495 e. The standard InChI is InChI=1S/C14H15ClN4O2/c1-20-11-4-8(7-2-3-7)10(5-9(11)15)21-12-6-18-14(17)19-13(12)16/h4-7H,2-3H2,1H3,(H4,16,17,18,19). The average Bonchev–Trinajstić information content (AvgIpc) is 3.26. The summed E-state index contributed by atoms with van der Waals surface area (Å²) >= 11 is 6.17. The molecule has 0 bridgehead atoms. The van der Waals surface area contributed by atoms with Crippen molar-refractivity contribution in [3.8, 4) is 17.2 Å². The number of hydrogen-bond acceptors (Lipinski definition) is 6. The van der Waals surface area contributed by atoms with E-state index in [0.717, 1.165) is 18.4 Å². The van der Waals surface area contributed by atoms with E-state index in [9.17, 15) is 0 Å². The Hall–Kier alpha value is -2.21. The highest BCUT2D eigenvalue weighted by Crippen LogP contribution is 2.48. The molecule has 1 heterocycles. The molecular weight excluding hydrogens is 292 g/mol. The first-order valence-corrected chi connectivity index (χ1v) is 6.89. The van der Waals surface area contributed by atoms with Crippen LogP contribution in [0.1, 0.15) is 24.3 Å². The van der Waals surface area contributed by atoms with E-state index < -0.39 is 0 Å². The SMILES string of the molecule is COc1cc(C2CC2)c(Oc2cnc(N)nc2N)cc1Cl. The summed E-state index contributed by atoms with van der Waals surface area (Å²) in [6.07, 6.45) is 3.69. The van der Waals surface area contributed by atoms with Crippen LogP contribution >= 0.6 is 11.6 Å². The van der Waals surface area contributed by atoms with Crippen LogP contribution in [0.2, 0.25) is 5.02 Å². The topological polar surface area (TPSA) is 96.3 Å². The van der Waals surface area contributed by atoms with Gasteiger partial charge in [0.2, 0.25) is 5.95 Å². The smallest absolute Gasteiger partial charge is 0.222 e. The van der Waals surface area contributed by atoms with Gasteiger partial charge >= 0.3 is 0 Å². The number of halogens is 1. The molecule has 1 fully saturated rings. The molecule has 0 radical (unpaired) electrons. The minimum Gasteiger partial charge on any atom is -0.495 e. The van der Waals surface area contributed by atoms with Crippen molar-refractivity contribution in [2.24, 2.45) is 0 Å². The third-order valence-corrected chi connectivity index (χ3v) is 3.62. The molecule has 4 N–H and O–H groups in total. The summed E-state index contributed by atoms with van der Waals surface area (Å²) in [5.41, 5.74) is 12.3. The van der Waals surface area contributed by atoms with Gasteiger partial charge in [0.05, 0.1) is 18.3 Å². The van der Waals surface area contributed by atoms with Gasteiger partial charge in [0.25, 0.3) is 0 Å². The zero-order chi connectivity index (χ0) is 15.0. The summed E-state index contributed by atoms with van der Waals surface area (Å²) < 4.78 is 11.1. The second kappa shape index (κ2) is 5.29. The number of benzene rings is 1. The Morgan fingerprint density at radius 2 is 1.95 bits per heavy atom. The second-order valence-corrected chi connectivity index (χ2v) is 5.29. The predicted molar refractivity (Wildman–Crippen MR) is 80.9 cm³/mol. The molecule has 0 atom stereocenters. The minimum absolute atomic E-state index is 0.107. The van der Waals surface area contributed by atoms with Gasteiger partial charge in [-0.05, 0) is 24.8 Å². The fraction of sp³-hybridized carbons (Fsp3) is 0.286. The molecule has 2 aromatic rings. The Kier molecular flexibility index (Phi) is 3.47. The van der Waals surface area contributed by atoms with Crippen LogP contribution in [0.4, 0.5) is 11.8 Å². The van der Waals surface area contributed by atoms with E-state index >= 15 is 0 Å². The van der Waals surface area contributed by atoms with Gasteiger partial charge in [-0.1, -0.05) is 11.6 Å². The third-order valence-electron chi connectivity index (χ3n) is 3.32. The number of hydrogen-bond donors (Lipinski definition) is 2. The summed E-state index contributed by atoms with van der Waals surface area (Å²) in [7, 11) is 1.59. The molecule has 110 valence electrons. The van der Waals surface area contributed by atoms with Gasteiger partial charge < -0.3 is 20.9 Å². The van der Waals surface area contributed by atoms with Gasteiger partial charge in [-0.15, -0.1) is 0 Å². The lowest BCUT2D eigenvalue weighted by Crippen LogP contribution is -2.02. The van der Waals surface area contributed by atoms with Crippen LogP contribution in [-0.4, -0.2) is 17.1 Å². The van der Waals surface area contributed by atoms with Crippen molar-refractivity contribution >= 4 is 23.4 Å². The summed E-state index contributed by atoms with van der Waals surface area (Å²) in [5.74, 6) is 2.39. The molecule has 0 aliphatic heterocycles. The van der Waals surface area contributed by atoms with Crippen molar-refractivity contribution in [1.29, 1.82) is 0 Å². The molecule has 0 spiro atoms. The Bertz CT molecular complexity index is 689. The van der Waals surface area contributed by atoms with Crippen molar-refractivity contribution in [2.75, 3.05) is 18.6 Å². The van der Waals surface area contributed by atoms with Crippen molar-refractivity contribution in [2.45, 2.75) is 18.8 Å². The maximum Gasteiger partial charge on any atom is 0.222 e. The molecule has 0 unspecified atom stereocenters. The molecule has 21 heavy (non-hydrogen) atoms. The highest BCUT2D eigenvalue weighted by molar-refractivity contribution is 6.32. The normalized spacial score (nSPS) is 14.0. The van der Waals surface area contributed by atoms with Crippen LogP contribution in [0.15, 0.2) is 18.3 Å². The first-order valence-electron chi connectivity index (χ1n) is 6.51. The first kappa shape index (κ1) is 13.8. The van der Waals surface area contributed by atoms with E-state index in [2.05, 4.69) is 9.97 Å². The molecular formula is C14H15ClN4O2. The molecule has 1 aromatic heterocycles. The highest BCUT2D eigenvalue weighted by atomic mass is 35.5. The minimum atomic E-state index is 0.107. The van der Waals surface area contributed by atoms with Crippen molar-refractivity contribution in [3.63, 3.8) is 0 Å². The number of nitrogens with two attached hydrogens (primary N) is 2. The van der Waals surface area contributed by atoms with Crippen LogP contribution in [0.25, 0.3) is 0 Å². The van der Waals surface area contributed by atoms with Gasteiger partial charge in [-0.3, -0.25) is 0 Å². The van der Waals surface area contributed by atoms with Crippen LogP contribution in [0.5, 0.6) is 17.2 Å². The third kappa shape index (κ3) is 2.80. The Morgan fingerprint density at radius 3 is 2.57 bits per heavy atom. The fourth-order valence-corrected chi connectivity index (χ4v) is 2.34. The number of anilines is 2. The van der Waals surface area contributed by atoms with E-state index in [1.165, 1.54) is 6.20 Å². The number of rotatable bonds is 4. The zero-order valence-electron chi connectivity index (χ0n) is 11.5. The summed E-state index contributed by atoms with van der Waals surface area (Å²) in [4.78, 5) is 7.76. The molecule has 3 rings (SSSR count). The van der Waals surface area contributed by atoms with Gasteiger partial charge in [-0.2, -0.15) is 4.98 Å². The van der Waals surface area contributed by atoms with Gasteiger partial charge in [0.1, 0.15) is 11.5 Å². The molecule has 1 aliphatic rings.